The number of fused-ring (bicyclic) bond motifs is 1. The fourth-order valence-corrected chi connectivity index (χ4v) is 5.02. The third-order valence-electron chi connectivity index (χ3n) is 5.77. The molecule has 0 unspecified atom stereocenters. The van der Waals surface area contributed by atoms with Crippen LogP contribution in [0.5, 0.6) is 11.5 Å². The molecule has 4 aromatic rings. The first-order valence-electron chi connectivity index (χ1n) is 11.1. The van der Waals surface area contributed by atoms with Gasteiger partial charge in [0.15, 0.2) is 11.5 Å². The number of benzene rings is 2. The molecule has 10 heteroatoms. The van der Waals surface area contributed by atoms with Crippen LogP contribution in [0.4, 0.5) is 5.00 Å². The zero-order chi connectivity index (χ0) is 26.7. The molecule has 2 aromatic heterocycles. The molecule has 0 bridgehead atoms. The molecule has 0 aliphatic heterocycles. The summed E-state index contributed by atoms with van der Waals surface area (Å²) in [5.74, 6) is -0.686. The van der Waals surface area contributed by atoms with Crippen molar-refractivity contribution in [3.63, 3.8) is 0 Å². The average Bonchev–Trinajstić information content (AvgIpc) is 3.26. The Morgan fingerprint density at radius 3 is 2.24 bits per heavy atom. The number of rotatable bonds is 7. The van der Waals surface area contributed by atoms with Gasteiger partial charge in [0.1, 0.15) is 9.88 Å². The Balaban J connectivity index is 1.83. The van der Waals surface area contributed by atoms with Crippen molar-refractivity contribution in [1.29, 1.82) is 0 Å². The summed E-state index contributed by atoms with van der Waals surface area (Å²) in [6, 6.07) is 14.3. The maximum absolute atomic E-state index is 13.6. The first kappa shape index (κ1) is 25.6. The molecule has 9 nitrogen and oxygen atoms in total. The van der Waals surface area contributed by atoms with Gasteiger partial charge >= 0.3 is 11.9 Å². The number of amides is 1. The standard InChI is InChI=1S/C27H24N2O7S/c1-14-22(26(31)35-4)25(37-23(14)27(32)36-5)29-24(30)17-13-19(28-18-9-7-6-8-16(17)18)15-10-11-20(33-2)21(12-15)34-3/h6-13H,1-5H3,(H,29,30). The highest BCUT2D eigenvalue weighted by molar-refractivity contribution is 7.18. The fourth-order valence-electron chi connectivity index (χ4n) is 3.91. The van der Waals surface area contributed by atoms with Crippen molar-refractivity contribution < 1.29 is 33.3 Å². The summed E-state index contributed by atoms with van der Waals surface area (Å²) in [5, 5.41) is 3.59. The highest BCUT2D eigenvalue weighted by Crippen LogP contribution is 2.36. The van der Waals surface area contributed by atoms with Gasteiger partial charge in [-0.05, 0) is 42.8 Å². The second-order valence-electron chi connectivity index (χ2n) is 7.84. The molecular weight excluding hydrogens is 496 g/mol. The van der Waals surface area contributed by atoms with Gasteiger partial charge in [-0.2, -0.15) is 0 Å². The highest BCUT2D eigenvalue weighted by Gasteiger charge is 2.27. The summed E-state index contributed by atoms with van der Waals surface area (Å²) >= 11 is 0.947. The molecule has 37 heavy (non-hydrogen) atoms. The van der Waals surface area contributed by atoms with E-state index in [1.165, 1.54) is 14.2 Å². The molecule has 2 heterocycles. The number of thiophene rings is 1. The van der Waals surface area contributed by atoms with Crippen molar-refractivity contribution in [3.05, 3.63) is 70.1 Å². The largest absolute Gasteiger partial charge is 0.493 e. The summed E-state index contributed by atoms with van der Waals surface area (Å²) in [6.07, 6.45) is 0. The number of methoxy groups -OCH3 is 4. The molecule has 1 N–H and O–H groups in total. The minimum atomic E-state index is -0.676. The van der Waals surface area contributed by atoms with Crippen molar-refractivity contribution in [2.45, 2.75) is 6.92 Å². The lowest BCUT2D eigenvalue weighted by Gasteiger charge is -2.12. The van der Waals surface area contributed by atoms with Crippen molar-refractivity contribution in [3.8, 4) is 22.8 Å². The van der Waals surface area contributed by atoms with Crippen molar-refractivity contribution in [2.24, 2.45) is 0 Å². The number of carbonyl (C=O) groups is 3. The SMILES string of the molecule is COC(=O)c1sc(NC(=O)c2cc(-c3ccc(OC)c(OC)c3)nc3ccccc23)c(C(=O)OC)c1C. The molecule has 190 valence electrons. The number of para-hydroxylation sites is 1. The Morgan fingerprint density at radius 2 is 1.57 bits per heavy atom. The first-order valence-corrected chi connectivity index (χ1v) is 11.9. The average molecular weight is 521 g/mol. The minimum Gasteiger partial charge on any atom is -0.493 e. The van der Waals surface area contributed by atoms with Crippen LogP contribution in [-0.2, 0) is 9.47 Å². The predicted molar refractivity (Wildman–Crippen MR) is 140 cm³/mol. The van der Waals surface area contributed by atoms with Gasteiger partial charge in [0.05, 0.1) is 50.8 Å². The second-order valence-corrected chi connectivity index (χ2v) is 8.86. The smallest absolute Gasteiger partial charge is 0.348 e. The van der Waals surface area contributed by atoms with Crippen LogP contribution in [-0.4, -0.2) is 51.3 Å². The first-order chi connectivity index (χ1) is 17.8. The summed E-state index contributed by atoms with van der Waals surface area (Å²) in [7, 11) is 5.57. The maximum Gasteiger partial charge on any atom is 0.348 e. The summed E-state index contributed by atoms with van der Waals surface area (Å²) < 4.78 is 20.5. The van der Waals surface area contributed by atoms with Crippen LogP contribution in [0.25, 0.3) is 22.2 Å². The Bertz CT molecular complexity index is 1530. The van der Waals surface area contributed by atoms with Gasteiger partial charge in [-0.1, -0.05) is 18.2 Å². The van der Waals surface area contributed by atoms with E-state index in [2.05, 4.69) is 5.32 Å². The van der Waals surface area contributed by atoms with Crippen LogP contribution >= 0.6 is 11.3 Å². The molecule has 2 aromatic carbocycles. The van der Waals surface area contributed by atoms with Gasteiger partial charge in [-0.15, -0.1) is 11.3 Å². The lowest BCUT2D eigenvalue weighted by Crippen LogP contribution is -2.15. The van der Waals surface area contributed by atoms with Crippen LogP contribution < -0.4 is 14.8 Å². The van der Waals surface area contributed by atoms with Gasteiger partial charge in [-0.3, -0.25) is 4.79 Å². The van der Waals surface area contributed by atoms with Gasteiger partial charge in [-0.25, -0.2) is 14.6 Å². The number of nitrogens with zero attached hydrogens (tertiary/aromatic N) is 1. The number of esters is 2. The summed E-state index contributed by atoms with van der Waals surface area (Å²) in [6.45, 7) is 1.60. The third kappa shape index (κ3) is 4.83. The number of hydrogen-bond acceptors (Lipinski definition) is 9. The number of hydrogen-bond donors (Lipinski definition) is 1. The second kappa shape index (κ2) is 10.7. The molecule has 0 radical (unpaired) electrons. The van der Waals surface area contributed by atoms with E-state index in [1.54, 1.807) is 57.5 Å². The third-order valence-corrected chi connectivity index (χ3v) is 6.96. The van der Waals surface area contributed by atoms with Crippen LogP contribution in [0.2, 0.25) is 0 Å². The monoisotopic (exact) mass is 520 g/mol. The topological polar surface area (TPSA) is 113 Å². The predicted octanol–water partition coefficient (Wildman–Crippen LogP) is 5.11. The van der Waals surface area contributed by atoms with Gasteiger partial charge in [0.2, 0.25) is 0 Å². The Kier molecular flexibility index (Phi) is 7.40. The number of nitrogens with one attached hydrogen (secondary N) is 1. The van der Waals surface area contributed by atoms with Gasteiger partial charge in [0, 0.05) is 10.9 Å². The Hall–Kier alpha value is -4.44. The number of pyridine rings is 1. The van der Waals surface area contributed by atoms with E-state index in [0.717, 1.165) is 11.3 Å². The summed E-state index contributed by atoms with van der Waals surface area (Å²) in [4.78, 5) is 43.3. The van der Waals surface area contributed by atoms with Crippen LogP contribution in [0.3, 0.4) is 0 Å². The zero-order valence-corrected chi connectivity index (χ0v) is 21.6. The quantitative estimate of drug-likeness (QED) is 0.334. The van der Waals surface area contributed by atoms with E-state index in [-0.39, 0.29) is 15.4 Å². The molecule has 0 saturated heterocycles. The normalized spacial score (nSPS) is 10.6. The fraction of sp³-hybridized carbons (Fsp3) is 0.185. The van der Waals surface area contributed by atoms with E-state index in [9.17, 15) is 14.4 Å². The molecule has 0 aliphatic rings. The molecule has 0 spiro atoms. The number of anilines is 1. The molecule has 0 aliphatic carbocycles. The van der Waals surface area contributed by atoms with E-state index >= 15 is 0 Å². The van der Waals surface area contributed by atoms with E-state index < -0.39 is 17.8 Å². The summed E-state index contributed by atoms with van der Waals surface area (Å²) in [5.41, 5.74) is 2.65. The molecule has 4 rings (SSSR count). The van der Waals surface area contributed by atoms with Crippen molar-refractivity contribution >= 4 is 45.1 Å². The van der Waals surface area contributed by atoms with Crippen molar-refractivity contribution in [2.75, 3.05) is 33.8 Å². The minimum absolute atomic E-state index is 0.0970. The molecule has 0 atom stereocenters. The molecule has 0 fully saturated rings. The molecular formula is C27H24N2O7S. The lowest BCUT2D eigenvalue weighted by molar-refractivity contribution is 0.0601. The zero-order valence-electron chi connectivity index (χ0n) is 20.8. The van der Waals surface area contributed by atoms with Gasteiger partial charge < -0.3 is 24.3 Å². The van der Waals surface area contributed by atoms with Crippen molar-refractivity contribution in [1.82, 2.24) is 4.98 Å². The lowest BCUT2D eigenvalue weighted by atomic mass is 10.0. The molecule has 1 amide bonds. The van der Waals surface area contributed by atoms with Crippen LogP contribution in [0.1, 0.15) is 36.0 Å². The van der Waals surface area contributed by atoms with Crippen LogP contribution in [0.15, 0.2) is 48.5 Å². The number of ether oxygens (including phenoxy) is 4. The molecule has 0 saturated carbocycles. The highest BCUT2D eigenvalue weighted by atomic mass is 32.1. The maximum atomic E-state index is 13.6. The number of aromatic nitrogens is 1. The van der Waals surface area contributed by atoms with E-state index in [0.29, 0.717) is 44.8 Å². The Labute approximate surface area is 216 Å². The van der Waals surface area contributed by atoms with Gasteiger partial charge in [0.25, 0.3) is 5.91 Å². The van der Waals surface area contributed by atoms with Crippen LogP contribution in [0, 0.1) is 6.92 Å². The Morgan fingerprint density at radius 1 is 0.865 bits per heavy atom. The van der Waals surface area contributed by atoms with E-state index in [1.807, 2.05) is 12.1 Å². The number of carbonyl (C=O) groups excluding carboxylic acids is 3. The van der Waals surface area contributed by atoms with E-state index in [4.69, 9.17) is 23.9 Å².